The molecular weight excluding hydrogens is 208 g/mol. The Labute approximate surface area is 89.0 Å². The van der Waals surface area contributed by atoms with E-state index in [-0.39, 0.29) is 11.9 Å². The van der Waals surface area contributed by atoms with E-state index in [0.29, 0.717) is 0 Å². The van der Waals surface area contributed by atoms with E-state index in [1.54, 1.807) is 13.8 Å². The number of hydrogen-bond acceptors (Lipinski definition) is 5. The molecule has 1 unspecified atom stereocenters. The van der Waals surface area contributed by atoms with Gasteiger partial charge < -0.3 is 4.74 Å². The summed E-state index contributed by atoms with van der Waals surface area (Å²) in [5.74, 6) is -1.72. The first-order valence-electron chi connectivity index (χ1n) is 3.93. The molecule has 0 aromatic rings. The molecule has 1 atom stereocenters. The molecule has 0 spiro atoms. The van der Waals surface area contributed by atoms with E-state index in [1.807, 2.05) is 0 Å². The van der Waals surface area contributed by atoms with Crippen molar-refractivity contribution in [2.75, 3.05) is 0 Å². The second kappa shape index (κ2) is 5.54. The number of hydrogen-bond donors (Lipinski definition) is 2. The fourth-order valence-corrected chi connectivity index (χ4v) is 1.47. The summed E-state index contributed by atoms with van der Waals surface area (Å²) < 4.78 is 4.27. The van der Waals surface area contributed by atoms with Gasteiger partial charge in [0.2, 0.25) is 0 Å². The zero-order valence-corrected chi connectivity index (χ0v) is 9.64. The first kappa shape index (κ1) is 12.8. The summed E-state index contributed by atoms with van der Waals surface area (Å²) in [5.41, 5.74) is 0. The van der Waals surface area contributed by atoms with Gasteiger partial charge in [0.15, 0.2) is 0 Å². The number of ether oxygens (including phenoxy) is 1. The Kier molecular flexibility index (Phi) is 5.48. The Morgan fingerprint density at radius 3 is 1.92 bits per heavy atom. The third-order valence-electron chi connectivity index (χ3n) is 1.34. The number of esters is 1. The van der Waals surface area contributed by atoms with Crippen molar-refractivity contribution in [1.29, 1.82) is 0 Å². The van der Waals surface area contributed by atoms with Crippen LogP contribution in [0.4, 0.5) is 0 Å². The standard InChI is InChI=1S/C8H14O3S2/c1-4(2)11-7(10)6(5(3)9)8(12)13/h4,6,8,12-13H,1-3H3. The Bertz CT molecular complexity index is 202. The zero-order chi connectivity index (χ0) is 10.6. The number of rotatable bonds is 4. The van der Waals surface area contributed by atoms with Crippen LogP contribution >= 0.6 is 25.3 Å². The van der Waals surface area contributed by atoms with Gasteiger partial charge in [-0.3, -0.25) is 9.59 Å². The number of ketones is 1. The van der Waals surface area contributed by atoms with Crippen LogP contribution in [-0.2, 0) is 14.3 Å². The fourth-order valence-electron chi connectivity index (χ4n) is 0.803. The minimum atomic E-state index is -0.880. The molecule has 0 fully saturated rings. The first-order chi connectivity index (χ1) is 5.86. The summed E-state index contributed by atoms with van der Waals surface area (Å²) in [6.45, 7) is 4.77. The summed E-state index contributed by atoms with van der Waals surface area (Å²) in [6, 6.07) is 0. The molecule has 13 heavy (non-hydrogen) atoms. The molecule has 0 aliphatic carbocycles. The summed E-state index contributed by atoms with van der Waals surface area (Å²) in [7, 11) is 0. The maximum absolute atomic E-state index is 11.3. The normalized spacial score (nSPS) is 13.2. The van der Waals surface area contributed by atoms with Crippen molar-refractivity contribution >= 4 is 37.0 Å². The van der Waals surface area contributed by atoms with Gasteiger partial charge in [-0.05, 0) is 20.8 Å². The van der Waals surface area contributed by atoms with Gasteiger partial charge >= 0.3 is 5.97 Å². The molecule has 0 saturated carbocycles. The number of Topliss-reactive ketones (excluding diaryl/α,β-unsaturated/α-hetero) is 1. The SMILES string of the molecule is CC(=O)C(C(=O)OC(C)C)C(S)S. The molecule has 0 aromatic heterocycles. The Hall–Kier alpha value is -0.160. The molecular formula is C8H14O3S2. The average molecular weight is 222 g/mol. The molecule has 0 aliphatic heterocycles. The maximum Gasteiger partial charge on any atom is 0.318 e. The van der Waals surface area contributed by atoms with Crippen LogP contribution in [0.1, 0.15) is 20.8 Å². The van der Waals surface area contributed by atoms with Crippen LogP contribution in [0.15, 0.2) is 0 Å². The predicted molar refractivity (Wildman–Crippen MR) is 57.2 cm³/mol. The highest BCUT2D eigenvalue weighted by molar-refractivity contribution is 7.99. The van der Waals surface area contributed by atoms with Crippen LogP contribution in [0.3, 0.4) is 0 Å². The molecule has 0 N–H and O–H groups in total. The van der Waals surface area contributed by atoms with Gasteiger partial charge in [0, 0.05) is 0 Å². The minimum Gasteiger partial charge on any atom is -0.462 e. The maximum atomic E-state index is 11.3. The predicted octanol–water partition coefficient (Wildman–Crippen LogP) is 1.33. The lowest BCUT2D eigenvalue weighted by molar-refractivity contribution is -0.154. The monoisotopic (exact) mass is 222 g/mol. The van der Waals surface area contributed by atoms with Gasteiger partial charge in [-0.1, -0.05) is 0 Å². The second-order valence-corrected chi connectivity index (χ2v) is 4.51. The molecule has 0 rings (SSSR count). The van der Waals surface area contributed by atoms with Crippen molar-refractivity contribution in [1.82, 2.24) is 0 Å². The van der Waals surface area contributed by atoms with Crippen LogP contribution in [0.2, 0.25) is 0 Å². The lowest BCUT2D eigenvalue weighted by Crippen LogP contribution is -2.31. The van der Waals surface area contributed by atoms with Crippen LogP contribution in [0.5, 0.6) is 0 Å². The van der Waals surface area contributed by atoms with Crippen LogP contribution in [-0.4, -0.2) is 22.4 Å². The van der Waals surface area contributed by atoms with Crippen molar-refractivity contribution in [3.63, 3.8) is 0 Å². The second-order valence-electron chi connectivity index (χ2n) is 2.99. The lowest BCUT2D eigenvalue weighted by Gasteiger charge is -2.16. The molecule has 0 radical (unpaired) electrons. The molecule has 0 saturated heterocycles. The summed E-state index contributed by atoms with van der Waals surface area (Å²) in [4.78, 5) is 22.3. The Morgan fingerprint density at radius 2 is 1.69 bits per heavy atom. The van der Waals surface area contributed by atoms with Crippen molar-refractivity contribution in [3.05, 3.63) is 0 Å². The molecule has 0 heterocycles. The quantitative estimate of drug-likeness (QED) is 0.326. The van der Waals surface area contributed by atoms with E-state index >= 15 is 0 Å². The molecule has 0 aliphatic rings. The molecule has 5 heteroatoms. The first-order valence-corrected chi connectivity index (χ1v) is 4.96. The fraction of sp³-hybridized carbons (Fsp3) is 0.750. The van der Waals surface area contributed by atoms with Crippen molar-refractivity contribution < 1.29 is 14.3 Å². The highest BCUT2D eigenvalue weighted by Crippen LogP contribution is 2.17. The molecule has 3 nitrogen and oxygen atoms in total. The number of carbonyl (C=O) groups is 2. The van der Waals surface area contributed by atoms with Gasteiger partial charge in [-0.15, -0.1) is 0 Å². The Balaban J connectivity index is 4.38. The third-order valence-corrected chi connectivity index (χ3v) is 1.94. The van der Waals surface area contributed by atoms with E-state index in [2.05, 4.69) is 25.3 Å². The van der Waals surface area contributed by atoms with Gasteiger partial charge in [-0.25, -0.2) is 0 Å². The van der Waals surface area contributed by atoms with E-state index in [9.17, 15) is 9.59 Å². The van der Waals surface area contributed by atoms with Gasteiger partial charge in [0.25, 0.3) is 0 Å². The number of thiol groups is 2. The van der Waals surface area contributed by atoms with Gasteiger partial charge in [0.05, 0.1) is 10.7 Å². The third kappa shape index (κ3) is 4.57. The van der Waals surface area contributed by atoms with Crippen molar-refractivity contribution in [2.24, 2.45) is 5.92 Å². The largest absolute Gasteiger partial charge is 0.462 e. The molecule has 0 amide bonds. The van der Waals surface area contributed by atoms with Crippen LogP contribution < -0.4 is 0 Å². The summed E-state index contributed by atoms with van der Waals surface area (Å²) in [5, 5.41) is 0. The average Bonchev–Trinajstić information content (AvgIpc) is 1.81. The van der Waals surface area contributed by atoms with Crippen molar-refractivity contribution in [2.45, 2.75) is 31.5 Å². The minimum absolute atomic E-state index is 0.227. The summed E-state index contributed by atoms with van der Waals surface area (Å²) >= 11 is 7.87. The highest BCUT2D eigenvalue weighted by Gasteiger charge is 2.30. The van der Waals surface area contributed by atoms with E-state index in [0.717, 1.165) is 0 Å². The molecule has 0 aromatic carbocycles. The van der Waals surface area contributed by atoms with E-state index in [4.69, 9.17) is 4.74 Å². The van der Waals surface area contributed by atoms with Crippen LogP contribution in [0.25, 0.3) is 0 Å². The summed E-state index contributed by atoms with van der Waals surface area (Å²) in [6.07, 6.45) is -0.227. The molecule has 0 bridgehead atoms. The van der Waals surface area contributed by atoms with Gasteiger partial charge in [-0.2, -0.15) is 25.3 Å². The van der Waals surface area contributed by atoms with Gasteiger partial charge in [0.1, 0.15) is 11.7 Å². The topological polar surface area (TPSA) is 43.4 Å². The smallest absolute Gasteiger partial charge is 0.318 e. The number of carbonyl (C=O) groups excluding carboxylic acids is 2. The van der Waals surface area contributed by atoms with Crippen molar-refractivity contribution in [3.8, 4) is 0 Å². The van der Waals surface area contributed by atoms with Crippen LogP contribution in [0, 0.1) is 5.92 Å². The zero-order valence-electron chi connectivity index (χ0n) is 7.85. The Morgan fingerprint density at radius 1 is 1.23 bits per heavy atom. The molecule has 76 valence electrons. The lowest BCUT2D eigenvalue weighted by atomic mass is 10.1. The highest BCUT2D eigenvalue weighted by atomic mass is 32.2. The van der Waals surface area contributed by atoms with E-state index in [1.165, 1.54) is 6.92 Å². The van der Waals surface area contributed by atoms with E-state index < -0.39 is 16.5 Å².